The predicted molar refractivity (Wildman–Crippen MR) is 106 cm³/mol. The molecule has 1 aliphatic carbocycles. The first kappa shape index (κ1) is 18.9. The van der Waals surface area contributed by atoms with Gasteiger partial charge in [0.15, 0.2) is 11.5 Å². The Bertz CT molecular complexity index is 1260. The molecule has 30 heavy (non-hydrogen) atoms. The molecule has 2 fully saturated rings. The number of hydrogen-bond donors (Lipinski definition) is 3. The summed E-state index contributed by atoms with van der Waals surface area (Å²) in [6, 6.07) is 10.3. The molecular formula is C20H19N3O6S. The number of carbonyl (C=O) groups excluding carboxylic acids is 2. The second-order valence-corrected chi connectivity index (χ2v) is 9.38. The van der Waals surface area contributed by atoms with Crippen LogP contribution in [0.2, 0.25) is 0 Å². The van der Waals surface area contributed by atoms with Gasteiger partial charge in [0, 0.05) is 10.9 Å². The topological polar surface area (TPSA) is 145 Å². The molecule has 1 aliphatic heterocycles. The number of carbonyl (C=O) groups is 2. The molecule has 1 spiro atoms. The van der Waals surface area contributed by atoms with Crippen LogP contribution in [0.1, 0.15) is 24.8 Å². The number of urea groups is 1. The van der Waals surface area contributed by atoms with Crippen molar-refractivity contribution in [2.24, 2.45) is 11.1 Å². The van der Waals surface area contributed by atoms with Crippen LogP contribution in [0.25, 0.3) is 22.5 Å². The molecule has 1 saturated heterocycles. The monoisotopic (exact) mass is 429 g/mol. The Hall–Kier alpha value is -3.11. The van der Waals surface area contributed by atoms with E-state index in [-0.39, 0.29) is 22.7 Å². The van der Waals surface area contributed by atoms with Gasteiger partial charge in [0.1, 0.15) is 11.1 Å². The lowest BCUT2D eigenvalue weighted by atomic mass is 9.93. The molecule has 3 aromatic rings. The molecule has 3 heterocycles. The van der Waals surface area contributed by atoms with Crippen LogP contribution < -0.4 is 15.8 Å². The standard InChI is InChI=1S/C20H19N3O6S/c21-30(26,27)17-13(7-11-5-6-20(10-11)18(24)22-19(25)23-20)9-16(29-17)15-8-12-3-1-2-4-14(12)28-15/h1-4,8-9,11H,5-7,10H2,(H2,21,26,27)(H2,22,23,24,25). The molecule has 2 atom stereocenters. The number of rotatable bonds is 4. The van der Waals surface area contributed by atoms with Crippen molar-refractivity contribution < 1.29 is 26.8 Å². The average Bonchev–Trinajstić information content (AvgIpc) is 3.41. The highest BCUT2D eigenvalue weighted by Gasteiger charge is 2.51. The minimum atomic E-state index is -4.10. The van der Waals surface area contributed by atoms with Crippen LogP contribution in [0.3, 0.4) is 0 Å². The number of amides is 3. The van der Waals surface area contributed by atoms with Crippen LogP contribution in [0.4, 0.5) is 4.79 Å². The smallest absolute Gasteiger partial charge is 0.322 e. The van der Waals surface area contributed by atoms with E-state index in [0.717, 1.165) is 5.39 Å². The van der Waals surface area contributed by atoms with E-state index in [1.165, 1.54) is 0 Å². The molecule has 10 heteroatoms. The number of nitrogens with one attached hydrogen (secondary N) is 2. The van der Waals surface area contributed by atoms with Crippen molar-refractivity contribution >= 4 is 32.9 Å². The Morgan fingerprint density at radius 2 is 1.90 bits per heavy atom. The van der Waals surface area contributed by atoms with E-state index in [4.69, 9.17) is 14.0 Å². The number of primary sulfonamides is 1. The summed E-state index contributed by atoms with van der Waals surface area (Å²) in [6.45, 7) is 0. The fraction of sp³-hybridized carbons (Fsp3) is 0.300. The third-order valence-electron chi connectivity index (χ3n) is 5.84. The number of imide groups is 1. The van der Waals surface area contributed by atoms with Crippen LogP contribution >= 0.6 is 0 Å². The van der Waals surface area contributed by atoms with Crippen molar-refractivity contribution in [1.29, 1.82) is 0 Å². The van der Waals surface area contributed by atoms with Gasteiger partial charge in [-0.2, -0.15) is 0 Å². The summed E-state index contributed by atoms with van der Waals surface area (Å²) >= 11 is 0. The molecule has 2 aromatic heterocycles. The van der Waals surface area contributed by atoms with Crippen LogP contribution in [0.5, 0.6) is 0 Å². The fourth-order valence-electron chi connectivity index (χ4n) is 4.50. The largest absolute Gasteiger partial charge is 0.453 e. The van der Waals surface area contributed by atoms with Gasteiger partial charge in [-0.25, -0.2) is 18.4 Å². The third kappa shape index (κ3) is 3.08. The maximum absolute atomic E-state index is 12.2. The van der Waals surface area contributed by atoms with Gasteiger partial charge in [-0.3, -0.25) is 10.1 Å². The van der Waals surface area contributed by atoms with Crippen molar-refractivity contribution in [2.45, 2.75) is 36.3 Å². The van der Waals surface area contributed by atoms with Crippen molar-refractivity contribution in [2.75, 3.05) is 0 Å². The zero-order valence-corrected chi connectivity index (χ0v) is 16.6. The molecule has 5 rings (SSSR count). The molecule has 9 nitrogen and oxygen atoms in total. The fourth-order valence-corrected chi connectivity index (χ4v) is 5.21. The van der Waals surface area contributed by atoms with E-state index in [2.05, 4.69) is 10.6 Å². The van der Waals surface area contributed by atoms with Gasteiger partial charge < -0.3 is 14.2 Å². The van der Waals surface area contributed by atoms with Crippen LogP contribution in [0.15, 0.2) is 50.3 Å². The molecule has 4 N–H and O–H groups in total. The highest BCUT2D eigenvalue weighted by molar-refractivity contribution is 7.89. The summed E-state index contributed by atoms with van der Waals surface area (Å²) in [4.78, 5) is 23.7. The Morgan fingerprint density at radius 1 is 1.13 bits per heavy atom. The molecule has 156 valence electrons. The molecule has 1 saturated carbocycles. The predicted octanol–water partition coefficient (Wildman–Crippen LogP) is 2.26. The first-order valence-electron chi connectivity index (χ1n) is 9.52. The number of hydrogen-bond acceptors (Lipinski definition) is 6. The molecule has 1 aromatic carbocycles. The minimum absolute atomic E-state index is 0.0178. The molecule has 0 bridgehead atoms. The second kappa shape index (κ2) is 6.44. The summed E-state index contributed by atoms with van der Waals surface area (Å²) in [5, 5.41) is 10.9. The number of sulfonamides is 1. The SMILES string of the molecule is NS(=O)(=O)c1oc(-c2cc3ccccc3o2)cc1CC1CCC2(C1)NC(=O)NC2=O. The van der Waals surface area contributed by atoms with E-state index >= 15 is 0 Å². The number of furan rings is 2. The maximum atomic E-state index is 12.2. The second-order valence-electron chi connectivity index (χ2n) is 7.92. The summed E-state index contributed by atoms with van der Waals surface area (Å²) in [7, 11) is -4.10. The van der Waals surface area contributed by atoms with Crippen molar-refractivity contribution in [3.8, 4) is 11.5 Å². The van der Waals surface area contributed by atoms with Gasteiger partial charge in [0.05, 0.1) is 0 Å². The van der Waals surface area contributed by atoms with Crippen LogP contribution in [0, 0.1) is 5.92 Å². The normalized spacial score (nSPS) is 24.0. The lowest BCUT2D eigenvalue weighted by molar-refractivity contribution is -0.123. The lowest BCUT2D eigenvalue weighted by Gasteiger charge is -2.19. The number of nitrogens with two attached hydrogens (primary N) is 1. The van der Waals surface area contributed by atoms with Gasteiger partial charge in [-0.1, -0.05) is 18.2 Å². The minimum Gasteiger partial charge on any atom is -0.453 e. The van der Waals surface area contributed by atoms with Crippen molar-refractivity contribution in [1.82, 2.24) is 10.6 Å². The first-order chi connectivity index (χ1) is 14.2. The van der Waals surface area contributed by atoms with E-state index in [0.29, 0.717) is 42.6 Å². The van der Waals surface area contributed by atoms with E-state index in [1.54, 1.807) is 12.1 Å². The van der Waals surface area contributed by atoms with Gasteiger partial charge in [-0.05, 0) is 49.8 Å². The Labute approximate surface area is 171 Å². The van der Waals surface area contributed by atoms with Crippen LogP contribution in [-0.2, 0) is 21.2 Å². The summed E-state index contributed by atoms with van der Waals surface area (Å²) < 4.78 is 35.6. The summed E-state index contributed by atoms with van der Waals surface area (Å²) in [6.07, 6.45) is 1.91. The van der Waals surface area contributed by atoms with Crippen molar-refractivity contribution in [3.63, 3.8) is 0 Å². The highest BCUT2D eigenvalue weighted by atomic mass is 32.2. The first-order valence-corrected chi connectivity index (χ1v) is 11.1. The number of benzene rings is 1. The zero-order valence-electron chi connectivity index (χ0n) is 15.8. The third-order valence-corrected chi connectivity index (χ3v) is 6.70. The van der Waals surface area contributed by atoms with E-state index in [1.807, 2.05) is 24.3 Å². The van der Waals surface area contributed by atoms with Gasteiger partial charge in [-0.15, -0.1) is 0 Å². The Morgan fingerprint density at radius 3 is 2.60 bits per heavy atom. The molecular weight excluding hydrogens is 410 g/mol. The highest BCUT2D eigenvalue weighted by Crippen LogP contribution is 2.40. The van der Waals surface area contributed by atoms with Crippen molar-refractivity contribution in [3.05, 3.63) is 42.0 Å². The van der Waals surface area contributed by atoms with Gasteiger partial charge in [0.25, 0.3) is 15.9 Å². The number of fused-ring (bicyclic) bond motifs is 1. The Kier molecular flexibility index (Phi) is 4.06. The zero-order chi connectivity index (χ0) is 21.1. The quantitative estimate of drug-likeness (QED) is 0.543. The maximum Gasteiger partial charge on any atom is 0.322 e. The van der Waals surface area contributed by atoms with E-state index < -0.39 is 21.6 Å². The van der Waals surface area contributed by atoms with Gasteiger partial charge in [0.2, 0.25) is 5.09 Å². The Balaban J connectivity index is 1.46. The molecule has 3 amide bonds. The summed E-state index contributed by atoms with van der Waals surface area (Å²) in [5.74, 6) is 0.315. The molecule has 0 radical (unpaired) electrons. The van der Waals surface area contributed by atoms with Crippen LogP contribution in [-0.4, -0.2) is 25.9 Å². The average molecular weight is 429 g/mol. The van der Waals surface area contributed by atoms with E-state index in [9.17, 15) is 18.0 Å². The molecule has 2 unspecified atom stereocenters. The van der Waals surface area contributed by atoms with Gasteiger partial charge >= 0.3 is 6.03 Å². The lowest BCUT2D eigenvalue weighted by Crippen LogP contribution is -2.44. The summed E-state index contributed by atoms with van der Waals surface area (Å²) in [5.41, 5.74) is 0.164. The molecule has 2 aliphatic rings. The number of para-hydroxylation sites is 1.